The first-order chi connectivity index (χ1) is 8.89. The van der Waals surface area contributed by atoms with Gasteiger partial charge in [0.25, 0.3) is 0 Å². The lowest BCUT2D eigenvalue weighted by Gasteiger charge is -2.35. The molecule has 0 N–H and O–H groups in total. The van der Waals surface area contributed by atoms with Crippen LogP contribution in [0, 0.1) is 11.6 Å². The lowest BCUT2D eigenvalue weighted by molar-refractivity contribution is -0.188. The van der Waals surface area contributed by atoms with Crippen LogP contribution in [-0.4, -0.2) is 24.2 Å². The topological polar surface area (TPSA) is 3.24 Å². The highest BCUT2D eigenvalue weighted by Gasteiger charge is 2.45. The van der Waals surface area contributed by atoms with E-state index in [2.05, 4.69) is 0 Å². The van der Waals surface area contributed by atoms with Crippen molar-refractivity contribution < 1.29 is 22.0 Å². The minimum Gasteiger partial charge on any atom is -0.289 e. The predicted molar refractivity (Wildman–Crippen MR) is 60.6 cm³/mol. The fourth-order valence-corrected chi connectivity index (χ4v) is 2.47. The van der Waals surface area contributed by atoms with Crippen molar-refractivity contribution in [3.05, 3.63) is 35.4 Å². The van der Waals surface area contributed by atoms with E-state index in [0.29, 0.717) is 32.0 Å². The Morgan fingerprint density at radius 1 is 0.947 bits per heavy atom. The molecule has 19 heavy (non-hydrogen) atoms. The van der Waals surface area contributed by atoms with Crippen LogP contribution in [0.4, 0.5) is 22.0 Å². The molecule has 1 aromatic carbocycles. The van der Waals surface area contributed by atoms with Gasteiger partial charge >= 0.3 is 6.18 Å². The van der Waals surface area contributed by atoms with Crippen LogP contribution in [0.1, 0.15) is 30.9 Å². The third-order valence-corrected chi connectivity index (χ3v) is 3.33. The molecule has 2 rings (SSSR count). The number of halogens is 5. The molecule has 0 aromatic heterocycles. The highest BCUT2D eigenvalue weighted by atomic mass is 19.4. The fraction of sp³-hybridized carbons (Fsp3) is 0.538. The lowest BCUT2D eigenvalue weighted by atomic mass is 10.0. The molecule has 1 aliphatic rings. The Morgan fingerprint density at radius 2 is 1.58 bits per heavy atom. The first-order valence-electron chi connectivity index (χ1n) is 6.15. The highest BCUT2D eigenvalue weighted by Crippen LogP contribution is 2.39. The third-order valence-electron chi connectivity index (χ3n) is 3.33. The maximum Gasteiger partial charge on any atom is 0.408 e. The van der Waals surface area contributed by atoms with Gasteiger partial charge in [0.15, 0.2) is 11.6 Å². The number of alkyl halides is 3. The fourth-order valence-electron chi connectivity index (χ4n) is 2.47. The second-order valence-corrected chi connectivity index (χ2v) is 4.71. The largest absolute Gasteiger partial charge is 0.408 e. The van der Waals surface area contributed by atoms with Gasteiger partial charge in [0.05, 0.1) is 0 Å². The zero-order chi connectivity index (χ0) is 14.0. The molecule has 1 nitrogen and oxygen atoms in total. The molecule has 1 heterocycles. The smallest absolute Gasteiger partial charge is 0.289 e. The third kappa shape index (κ3) is 3.23. The molecule has 0 spiro atoms. The number of rotatable bonds is 2. The van der Waals surface area contributed by atoms with Gasteiger partial charge < -0.3 is 0 Å². The molecule has 0 radical (unpaired) electrons. The SMILES string of the molecule is Fc1ccc(C(N2CCCCC2)C(F)(F)F)cc1F. The van der Waals surface area contributed by atoms with Gasteiger partial charge in [-0.15, -0.1) is 0 Å². The van der Waals surface area contributed by atoms with E-state index >= 15 is 0 Å². The summed E-state index contributed by atoms with van der Waals surface area (Å²) in [4.78, 5) is 1.29. The van der Waals surface area contributed by atoms with E-state index in [-0.39, 0.29) is 5.56 Å². The Kier molecular flexibility index (Phi) is 4.08. The molecule has 106 valence electrons. The molecule has 1 aromatic rings. The Morgan fingerprint density at radius 3 is 2.11 bits per heavy atom. The summed E-state index contributed by atoms with van der Waals surface area (Å²) in [5, 5.41) is 0. The highest BCUT2D eigenvalue weighted by molar-refractivity contribution is 5.23. The van der Waals surface area contributed by atoms with E-state index in [1.807, 2.05) is 0 Å². The Hall–Kier alpha value is -1.17. The maximum absolute atomic E-state index is 13.2. The Bertz CT molecular complexity index is 437. The van der Waals surface area contributed by atoms with Crippen LogP contribution < -0.4 is 0 Å². The van der Waals surface area contributed by atoms with Crippen LogP contribution in [0.25, 0.3) is 0 Å². The predicted octanol–water partition coefficient (Wildman–Crippen LogP) is 4.05. The van der Waals surface area contributed by atoms with E-state index in [1.165, 1.54) is 4.90 Å². The van der Waals surface area contributed by atoms with Gasteiger partial charge in [-0.3, -0.25) is 4.90 Å². The molecule has 1 fully saturated rings. The first kappa shape index (κ1) is 14.2. The van der Waals surface area contributed by atoms with Crippen molar-refractivity contribution in [2.45, 2.75) is 31.5 Å². The van der Waals surface area contributed by atoms with E-state index in [4.69, 9.17) is 0 Å². The maximum atomic E-state index is 13.2. The van der Waals surface area contributed by atoms with Gasteiger partial charge in [0.2, 0.25) is 0 Å². The van der Waals surface area contributed by atoms with Gasteiger partial charge in [-0.2, -0.15) is 13.2 Å². The van der Waals surface area contributed by atoms with Gasteiger partial charge in [-0.05, 0) is 43.6 Å². The molecule has 0 bridgehead atoms. The van der Waals surface area contributed by atoms with E-state index in [0.717, 1.165) is 18.6 Å². The summed E-state index contributed by atoms with van der Waals surface area (Å²) in [6, 6.07) is 0.531. The average molecular weight is 279 g/mol. The van der Waals surface area contributed by atoms with Crippen LogP contribution in [0.5, 0.6) is 0 Å². The van der Waals surface area contributed by atoms with Crippen molar-refractivity contribution in [1.29, 1.82) is 0 Å². The molecule has 0 saturated carbocycles. The minimum absolute atomic E-state index is 0.242. The molecular formula is C13H14F5N. The zero-order valence-electron chi connectivity index (χ0n) is 10.2. The van der Waals surface area contributed by atoms with E-state index in [9.17, 15) is 22.0 Å². The monoisotopic (exact) mass is 279 g/mol. The summed E-state index contributed by atoms with van der Waals surface area (Å²) < 4.78 is 65.5. The van der Waals surface area contributed by atoms with E-state index < -0.39 is 23.9 Å². The Balaban J connectivity index is 2.33. The minimum atomic E-state index is -4.50. The molecule has 1 aliphatic heterocycles. The van der Waals surface area contributed by atoms with Crippen molar-refractivity contribution in [3.63, 3.8) is 0 Å². The van der Waals surface area contributed by atoms with Gasteiger partial charge in [-0.25, -0.2) is 8.78 Å². The zero-order valence-corrected chi connectivity index (χ0v) is 10.2. The normalized spacial score (nSPS) is 19.4. The van der Waals surface area contributed by atoms with Crippen LogP contribution in [-0.2, 0) is 0 Å². The number of nitrogens with zero attached hydrogens (tertiary/aromatic N) is 1. The van der Waals surface area contributed by atoms with Crippen molar-refractivity contribution in [1.82, 2.24) is 4.90 Å². The number of piperidine rings is 1. The second kappa shape index (κ2) is 5.45. The first-order valence-corrected chi connectivity index (χ1v) is 6.15. The molecule has 0 amide bonds. The van der Waals surface area contributed by atoms with Crippen LogP contribution in [0.15, 0.2) is 18.2 Å². The molecule has 1 atom stereocenters. The van der Waals surface area contributed by atoms with Crippen molar-refractivity contribution in [2.24, 2.45) is 0 Å². The second-order valence-electron chi connectivity index (χ2n) is 4.71. The van der Waals surface area contributed by atoms with E-state index in [1.54, 1.807) is 0 Å². The summed E-state index contributed by atoms with van der Waals surface area (Å²) in [6.07, 6.45) is -2.22. The van der Waals surface area contributed by atoms with Gasteiger partial charge in [0, 0.05) is 0 Å². The Labute approximate surface area is 108 Å². The van der Waals surface area contributed by atoms with Crippen molar-refractivity contribution >= 4 is 0 Å². The average Bonchev–Trinajstić information content (AvgIpc) is 2.34. The molecule has 0 aliphatic carbocycles. The standard InChI is InChI=1S/C13H14F5N/c14-10-5-4-9(8-11(10)15)12(13(16,17)18)19-6-2-1-3-7-19/h4-5,8,12H,1-3,6-7H2. The molecule has 1 unspecified atom stereocenters. The summed E-state index contributed by atoms with van der Waals surface area (Å²) in [5.74, 6) is -2.38. The molecular weight excluding hydrogens is 265 g/mol. The van der Waals surface area contributed by atoms with Crippen molar-refractivity contribution in [3.8, 4) is 0 Å². The number of likely N-dealkylation sites (tertiary alicyclic amines) is 1. The van der Waals surface area contributed by atoms with Crippen LogP contribution in [0.3, 0.4) is 0 Å². The number of benzene rings is 1. The summed E-state index contributed by atoms with van der Waals surface area (Å²) in [7, 11) is 0. The lowest BCUT2D eigenvalue weighted by Crippen LogP contribution is -2.41. The van der Waals surface area contributed by atoms with Crippen LogP contribution in [0.2, 0.25) is 0 Å². The summed E-state index contributed by atoms with van der Waals surface area (Å²) >= 11 is 0. The molecule has 1 saturated heterocycles. The van der Waals surface area contributed by atoms with Gasteiger partial charge in [0.1, 0.15) is 6.04 Å². The summed E-state index contributed by atoms with van der Waals surface area (Å²) in [6.45, 7) is 0.645. The van der Waals surface area contributed by atoms with Crippen LogP contribution >= 0.6 is 0 Å². The number of hydrogen-bond donors (Lipinski definition) is 0. The van der Waals surface area contributed by atoms with Crippen molar-refractivity contribution in [2.75, 3.05) is 13.1 Å². The molecule has 6 heteroatoms. The number of hydrogen-bond acceptors (Lipinski definition) is 1. The quantitative estimate of drug-likeness (QED) is 0.738. The summed E-state index contributed by atoms with van der Waals surface area (Å²) in [5.41, 5.74) is -0.242. The van der Waals surface area contributed by atoms with Gasteiger partial charge in [-0.1, -0.05) is 12.5 Å².